The van der Waals surface area contributed by atoms with Gasteiger partial charge < -0.3 is 10.2 Å². The third-order valence-corrected chi connectivity index (χ3v) is 4.44. The van der Waals surface area contributed by atoms with Gasteiger partial charge in [0.2, 0.25) is 0 Å². The normalized spacial score (nSPS) is 12.3. The molecule has 0 fully saturated rings. The van der Waals surface area contributed by atoms with E-state index in [2.05, 4.69) is 66.7 Å². The van der Waals surface area contributed by atoms with Crippen LogP contribution in [-0.4, -0.2) is 18.1 Å². The predicted molar refractivity (Wildman–Crippen MR) is 92.0 cm³/mol. The minimum absolute atomic E-state index is 0.324. The molecule has 0 saturated heterocycles. The lowest BCUT2D eigenvalue weighted by Crippen LogP contribution is -2.23. The van der Waals surface area contributed by atoms with Crippen LogP contribution in [-0.2, 0) is 6.54 Å². The largest absolute Gasteiger partial charge is 0.344 e. The molecule has 1 heterocycles. The standard InChI is InChI=1S/C17H25N3S/c1-4-11-18-14(3)16-13-21-17(19-16)20(5-2)12-15-9-7-6-8-10-15/h6-10,13-14,18H,4-5,11-12H2,1-3H3. The van der Waals surface area contributed by atoms with Crippen LogP contribution in [0.2, 0.25) is 0 Å². The van der Waals surface area contributed by atoms with Crippen LogP contribution in [0, 0.1) is 0 Å². The monoisotopic (exact) mass is 303 g/mol. The zero-order chi connectivity index (χ0) is 15.1. The van der Waals surface area contributed by atoms with E-state index in [4.69, 9.17) is 4.98 Å². The Morgan fingerprint density at radius 3 is 2.67 bits per heavy atom. The molecule has 0 aliphatic rings. The van der Waals surface area contributed by atoms with Gasteiger partial charge in [0, 0.05) is 24.5 Å². The minimum Gasteiger partial charge on any atom is -0.344 e. The summed E-state index contributed by atoms with van der Waals surface area (Å²) in [7, 11) is 0. The van der Waals surface area contributed by atoms with Gasteiger partial charge in [-0.1, -0.05) is 37.3 Å². The van der Waals surface area contributed by atoms with Crippen LogP contribution in [0.1, 0.15) is 44.5 Å². The van der Waals surface area contributed by atoms with Crippen molar-refractivity contribution in [1.82, 2.24) is 10.3 Å². The number of rotatable bonds is 8. The molecule has 1 aromatic carbocycles. The smallest absolute Gasteiger partial charge is 0.185 e. The molecule has 0 spiro atoms. The molecule has 0 aliphatic heterocycles. The second-order valence-electron chi connectivity index (χ2n) is 5.23. The topological polar surface area (TPSA) is 28.2 Å². The second-order valence-corrected chi connectivity index (χ2v) is 6.07. The third kappa shape index (κ3) is 4.55. The van der Waals surface area contributed by atoms with E-state index in [0.29, 0.717) is 6.04 Å². The molecule has 1 N–H and O–H groups in total. The summed E-state index contributed by atoms with van der Waals surface area (Å²) in [5.41, 5.74) is 2.48. The fraction of sp³-hybridized carbons (Fsp3) is 0.471. The Morgan fingerprint density at radius 2 is 2.00 bits per heavy atom. The van der Waals surface area contributed by atoms with Crippen LogP contribution < -0.4 is 10.2 Å². The highest BCUT2D eigenvalue weighted by molar-refractivity contribution is 7.13. The SMILES string of the molecule is CCCNC(C)c1csc(N(CC)Cc2ccccc2)n1. The number of nitrogens with one attached hydrogen (secondary N) is 1. The summed E-state index contributed by atoms with van der Waals surface area (Å²) < 4.78 is 0. The summed E-state index contributed by atoms with van der Waals surface area (Å²) in [6, 6.07) is 10.9. The number of hydrogen-bond acceptors (Lipinski definition) is 4. The first-order chi connectivity index (χ1) is 10.2. The number of nitrogens with zero attached hydrogens (tertiary/aromatic N) is 2. The van der Waals surface area contributed by atoms with Crippen LogP contribution in [0.15, 0.2) is 35.7 Å². The van der Waals surface area contributed by atoms with Crippen molar-refractivity contribution in [1.29, 1.82) is 0 Å². The average Bonchev–Trinajstić information content (AvgIpc) is 3.01. The van der Waals surface area contributed by atoms with E-state index in [1.807, 2.05) is 0 Å². The molecule has 1 aromatic heterocycles. The van der Waals surface area contributed by atoms with E-state index in [1.165, 1.54) is 5.56 Å². The van der Waals surface area contributed by atoms with E-state index < -0.39 is 0 Å². The van der Waals surface area contributed by atoms with Crippen LogP contribution >= 0.6 is 11.3 Å². The first-order valence-electron chi connectivity index (χ1n) is 7.72. The zero-order valence-corrected chi connectivity index (χ0v) is 14.0. The number of hydrogen-bond donors (Lipinski definition) is 1. The van der Waals surface area contributed by atoms with Gasteiger partial charge >= 0.3 is 0 Å². The molecule has 114 valence electrons. The lowest BCUT2D eigenvalue weighted by Gasteiger charge is -2.20. The van der Waals surface area contributed by atoms with Gasteiger partial charge in [-0.2, -0.15) is 0 Å². The van der Waals surface area contributed by atoms with Crippen molar-refractivity contribution in [2.24, 2.45) is 0 Å². The summed E-state index contributed by atoms with van der Waals surface area (Å²) in [5.74, 6) is 0. The highest BCUT2D eigenvalue weighted by Crippen LogP contribution is 2.25. The molecule has 0 radical (unpaired) electrons. The number of thiazole rings is 1. The van der Waals surface area contributed by atoms with E-state index in [-0.39, 0.29) is 0 Å². The van der Waals surface area contributed by atoms with Crippen molar-refractivity contribution in [2.75, 3.05) is 18.0 Å². The molecule has 0 saturated carbocycles. The molecular weight excluding hydrogens is 278 g/mol. The van der Waals surface area contributed by atoms with Gasteiger partial charge in [-0.05, 0) is 32.4 Å². The number of benzene rings is 1. The van der Waals surface area contributed by atoms with Crippen molar-refractivity contribution in [2.45, 2.75) is 39.8 Å². The van der Waals surface area contributed by atoms with E-state index in [9.17, 15) is 0 Å². The van der Waals surface area contributed by atoms with E-state index in [1.54, 1.807) is 11.3 Å². The summed E-state index contributed by atoms with van der Waals surface area (Å²) in [4.78, 5) is 7.14. The molecule has 2 rings (SSSR count). The Kier molecular flexibility index (Phi) is 6.21. The third-order valence-electron chi connectivity index (χ3n) is 3.52. The highest BCUT2D eigenvalue weighted by atomic mass is 32.1. The van der Waals surface area contributed by atoms with Crippen molar-refractivity contribution in [3.8, 4) is 0 Å². The molecular formula is C17H25N3S. The minimum atomic E-state index is 0.324. The van der Waals surface area contributed by atoms with Crippen LogP contribution in [0.25, 0.3) is 0 Å². The Hall–Kier alpha value is -1.39. The Balaban J connectivity index is 2.04. The second kappa shape index (κ2) is 8.15. The summed E-state index contributed by atoms with van der Waals surface area (Å²) in [5, 5.41) is 6.78. The van der Waals surface area contributed by atoms with Crippen molar-refractivity contribution in [3.63, 3.8) is 0 Å². The Bertz CT molecular complexity index is 524. The van der Waals surface area contributed by atoms with E-state index in [0.717, 1.165) is 36.9 Å². The van der Waals surface area contributed by atoms with Gasteiger partial charge in [0.05, 0.1) is 5.69 Å². The van der Waals surface area contributed by atoms with Gasteiger partial charge in [-0.3, -0.25) is 0 Å². The lowest BCUT2D eigenvalue weighted by molar-refractivity contribution is 0.560. The molecule has 3 nitrogen and oxygen atoms in total. The molecule has 0 amide bonds. The zero-order valence-electron chi connectivity index (χ0n) is 13.2. The van der Waals surface area contributed by atoms with Gasteiger partial charge in [0.1, 0.15) is 0 Å². The fourth-order valence-corrected chi connectivity index (χ4v) is 3.19. The molecule has 1 unspecified atom stereocenters. The Labute approximate surface area is 132 Å². The average molecular weight is 303 g/mol. The quantitative estimate of drug-likeness (QED) is 0.791. The Morgan fingerprint density at radius 1 is 1.24 bits per heavy atom. The maximum Gasteiger partial charge on any atom is 0.185 e. The van der Waals surface area contributed by atoms with Gasteiger partial charge in [-0.15, -0.1) is 11.3 Å². The van der Waals surface area contributed by atoms with Gasteiger partial charge in [0.15, 0.2) is 5.13 Å². The van der Waals surface area contributed by atoms with Crippen LogP contribution in [0.5, 0.6) is 0 Å². The lowest BCUT2D eigenvalue weighted by atomic mass is 10.2. The predicted octanol–water partition coefficient (Wildman–Crippen LogP) is 4.23. The fourth-order valence-electron chi connectivity index (χ4n) is 2.20. The van der Waals surface area contributed by atoms with Gasteiger partial charge in [0.25, 0.3) is 0 Å². The number of aromatic nitrogens is 1. The molecule has 0 bridgehead atoms. The maximum absolute atomic E-state index is 4.81. The first-order valence-corrected chi connectivity index (χ1v) is 8.60. The molecule has 1 atom stereocenters. The van der Waals surface area contributed by atoms with Crippen molar-refractivity contribution < 1.29 is 0 Å². The molecule has 0 aliphatic carbocycles. The summed E-state index contributed by atoms with van der Waals surface area (Å²) in [6.07, 6.45) is 1.15. The summed E-state index contributed by atoms with van der Waals surface area (Å²) in [6.45, 7) is 9.48. The number of anilines is 1. The molecule has 21 heavy (non-hydrogen) atoms. The van der Waals surface area contributed by atoms with Crippen LogP contribution in [0.4, 0.5) is 5.13 Å². The highest BCUT2D eigenvalue weighted by Gasteiger charge is 2.13. The summed E-state index contributed by atoms with van der Waals surface area (Å²) >= 11 is 1.74. The van der Waals surface area contributed by atoms with Crippen LogP contribution in [0.3, 0.4) is 0 Å². The molecule has 4 heteroatoms. The van der Waals surface area contributed by atoms with Gasteiger partial charge in [-0.25, -0.2) is 4.98 Å². The van der Waals surface area contributed by atoms with E-state index >= 15 is 0 Å². The maximum atomic E-state index is 4.81. The van der Waals surface area contributed by atoms with Crippen molar-refractivity contribution in [3.05, 3.63) is 47.0 Å². The molecule has 2 aromatic rings. The first kappa shape index (κ1) is 16.0. The van der Waals surface area contributed by atoms with Crippen molar-refractivity contribution >= 4 is 16.5 Å².